The maximum absolute atomic E-state index is 12.2. The van der Waals surface area contributed by atoms with Crippen LogP contribution in [0.25, 0.3) is 0 Å². The highest BCUT2D eigenvalue weighted by Gasteiger charge is 2.14. The van der Waals surface area contributed by atoms with Gasteiger partial charge in [0, 0.05) is 5.69 Å². The number of benzene rings is 2. The Morgan fingerprint density at radius 2 is 1.70 bits per heavy atom. The molecule has 0 saturated heterocycles. The number of carbonyl (C=O) groups is 2. The van der Waals surface area contributed by atoms with Crippen LogP contribution in [0.4, 0.5) is 10.5 Å². The van der Waals surface area contributed by atoms with Gasteiger partial charge in [-0.1, -0.05) is 35.9 Å². The van der Waals surface area contributed by atoms with Gasteiger partial charge in [0.2, 0.25) is 5.91 Å². The van der Waals surface area contributed by atoms with Crippen molar-refractivity contribution in [1.29, 1.82) is 0 Å². The summed E-state index contributed by atoms with van der Waals surface area (Å²) in [5.74, 6) is -0.209. The summed E-state index contributed by atoms with van der Waals surface area (Å²) in [4.78, 5) is 24.1. The lowest BCUT2D eigenvalue weighted by Gasteiger charge is -2.20. The van der Waals surface area contributed by atoms with Gasteiger partial charge in [-0.15, -0.1) is 0 Å². The molecule has 0 fully saturated rings. The van der Waals surface area contributed by atoms with Gasteiger partial charge < -0.3 is 16.0 Å². The molecule has 0 saturated carbocycles. The maximum atomic E-state index is 12.2. The molecule has 2 aromatic rings. The van der Waals surface area contributed by atoms with Crippen LogP contribution >= 0.6 is 0 Å². The van der Waals surface area contributed by atoms with Gasteiger partial charge in [0.25, 0.3) is 0 Å². The summed E-state index contributed by atoms with van der Waals surface area (Å²) in [6, 6.07) is 13.5. The number of anilines is 1. The minimum atomic E-state index is -0.393. The van der Waals surface area contributed by atoms with E-state index in [1.807, 2.05) is 38.1 Å². The van der Waals surface area contributed by atoms with Crippen LogP contribution in [0.3, 0.4) is 0 Å². The average Bonchev–Trinajstić information content (AvgIpc) is 2.68. The quantitative estimate of drug-likeness (QED) is 0.753. The van der Waals surface area contributed by atoms with E-state index in [1.165, 1.54) is 24.0 Å². The SMILES string of the molecule is Cc1ccc(NC(=O)NCC(=O)N[C@@H](C)c2ccc3c(c2)CCCC3)cc1. The molecule has 27 heavy (non-hydrogen) atoms. The van der Waals surface area contributed by atoms with Crippen molar-refractivity contribution in [3.63, 3.8) is 0 Å². The molecule has 2 aromatic carbocycles. The fourth-order valence-corrected chi connectivity index (χ4v) is 3.37. The van der Waals surface area contributed by atoms with Crippen molar-refractivity contribution in [1.82, 2.24) is 10.6 Å². The molecule has 1 aliphatic carbocycles. The zero-order valence-electron chi connectivity index (χ0n) is 16.0. The monoisotopic (exact) mass is 365 g/mol. The van der Waals surface area contributed by atoms with Crippen molar-refractivity contribution in [3.8, 4) is 0 Å². The Bertz CT molecular complexity index is 815. The Morgan fingerprint density at radius 1 is 1.00 bits per heavy atom. The molecule has 0 heterocycles. The van der Waals surface area contributed by atoms with E-state index in [2.05, 4.69) is 34.1 Å². The summed E-state index contributed by atoms with van der Waals surface area (Å²) in [5, 5.41) is 8.25. The Hall–Kier alpha value is -2.82. The van der Waals surface area contributed by atoms with Crippen LogP contribution in [0, 0.1) is 6.92 Å². The number of fused-ring (bicyclic) bond motifs is 1. The Balaban J connectivity index is 1.47. The first kappa shape index (κ1) is 19.0. The third-order valence-electron chi connectivity index (χ3n) is 4.97. The Morgan fingerprint density at radius 3 is 2.44 bits per heavy atom. The molecule has 1 aliphatic rings. The molecule has 0 radical (unpaired) electrons. The Kier molecular flexibility index (Phi) is 6.12. The van der Waals surface area contributed by atoms with E-state index >= 15 is 0 Å². The van der Waals surface area contributed by atoms with E-state index in [1.54, 1.807) is 0 Å². The summed E-state index contributed by atoms with van der Waals surface area (Å²) in [6.07, 6.45) is 4.76. The highest BCUT2D eigenvalue weighted by Crippen LogP contribution is 2.24. The first-order chi connectivity index (χ1) is 13.0. The van der Waals surface area contributed by atoms with Crippen LogP contribution < -0.4 is 16.0 Å². The number of nitrogens with one attached hydrogen (secondary N) is 3. The molecule has 3 N–H and O–H groups in total. The number of rotatable bonds is 5. The fraction of sp³-hybridized carbons (Fsp3) is 0.364. The largest absolute Gasteiger partial charge is 0.348 e. The molecule has 5 nitrogen and oxygen atoms in total. The van der Waals surface area contributed by atoms with Crippen molar-refractivity contribution < 1.29 is 9.59 Å². The summed E-state index contributed by atoms with van der Waals surface area (Å²) in [5.41, 5.74) is 5.75. The predicted octanol–water partition coefficient (Wildman–Crippen LogP) is 3.87. The van der Waals surface area contributed by atoms with Gasteiger partial charge in [-0.2, -0.15) is 0 Å². The number of aryl methyl sites for hydroxylation is 3. The fourth-order valence-electron chi connectivity index (χ4n) is 3.37. The third-order valence-corrected chi connectivity index (χ3v) is 4.97. The molecular formula is C22H27N3O2. The van der Waals surface area contributed by atoms with Gasteiger partial charge >= 0.3 is 6.03 Å². The second-order valence-electron chi connectivity index (χ2n) is 7.20. The Labute approximate surface area is 160 Å². The van der Waals surface area contributed by atoms with Crippen LogP contribution in [-0.2, 0) is 17.6 Å². The zero-order chi connectivity index (χ0) is 19.2. The lowest BCUT2D eigenvalue weighted by molar-refractivity contribution is -0.120. The number of amides is 3. The van der Waals surface area contributed by atoms with Crippen LogP contribution in [-0.4, -0.2) is 18.5 Å². The van der Waals surface area contributed by atoms with Crippen LogP contribution in [0.5, 0.6) is 0 Å². The van der Waals surface area contributed by atoms with Gasteiger partial charge in [0.1, 0.15) is 0 Å². The van der Waals surface area contributed by atoms with Crippen molar-refractivity contribution in [2.24, 2.45) is 0 Å². The second-order valence-corrected chi connectivity index (χ2v) is 7.20. The van der Waals surface area contributed by atoms with E-state index in [0.717, 1.165) is 24.0 Å². The lowest BCUT2D eigenvalue weighted by atomic mass is 9.89. The summed E-state index contributed by atoms with van der Waals surface area (Å²) in [6.45, 7) is 3.89. The zero-order valence-corrected chi connectivity index (χ0v) is 16.0. The standard InChI is InChI=1S/C22H27N3O2/c1-15-7-11-20(12-8-15)25-22(27)23-14-21(26)24-16(2)18-10-9-17-5-3-4-6-19(17)13-18/h7-13,16H,3-6,14H2,1-2H3,(H,24,26)(H2,23,25,27)/t16-/m0/s1. The average molecular weight is 365 g/mol. The highest BCUT2D eigenvalue weighted by molar-refractivity contribution is 5.92. The first-order valence-corrected chi connectivity index (χ1v) is 9.54. The molecule has 0 bridgehead atoms. The van der Waals surface area contributed by atoms with Crippen LogP contribution in [0.2, 0.25) is 0 Å². The third kappa shape index (κ3) is 5.33. The second kappa shape index (κ2) is 8.71. The molecule has 3 amide bonds. The van der Waals surface area contributed by atoms with E-state index < -0.39 is 6.03 Å². The molecule has 3 rings (SSSR count). The van der Waals surface area contributed by atoms with E-state index in [-0.39, 0.29) is 18.5 Å². The summed E-state index contributed by atoms with van der Waals surface area (Å²) in [7, 11) is 0. The number of hydrogen-bond donors (Lipinski definition) is 3. The minimum absolute atomic E-state index is 0.0625. The van der Waals surface area contributed by atoms with Crippen molar-refractivity contribution >= 4 is 17.6 Å². The molecule has 0 aromatic heterocycles. The molecule has 142 valence electrons. The highest BCUT2D eigenvalue weighted by atomic mass is 16.2. The predicted molar refractivity (Wildman–Crippen MR) is 108 cm³/mol. The molecular weight excluding hydrogens is 338 g/mol. The summed E-state index contributed by atoms with van der Waals surface area (Å²) < 4.78 is 0. The number of hydrogen-bond acceptors (Lipinski definition) is 2. The van der Waals surface area contributed by atoms with Gasteiger partial charge in [-0.3, -0.25) is 4.79 Å². The topological polar surface area (TPSA) is 70.2 Å². The van der Waals surface area contributed by atoms with E-state index in [9.17, 15) is 9.59 Å². The molecule has 1 atom stereocenters. The van der Waals surface area contributed by atoms with Gasteiger partial charge in [0.15, 0.2) is 0 Å². The lowest BCUT2D eigenvalue weighted by Crippen LogP contribution is -2.39. The van der Waals surface area contributed by atoms with Crippen molar-refractivity contribution in [2.75, 3.05) is 11.9 Å². The van der Waals surface area contributed by atoms with Gasteiger partial charge in [-0.05, 0) is 68.4 Å². The normalized spacial score (nSPS) is 14.0. The number of urea groups is 1. The van der Waals surface area contributed by atoms with Gasteiger partial charge in [-0.25, -0.2) is 4.79 Å². The molecule has 0 unspecified atom stereocenters. The smallest absolute Gasteiger partial charge is 0.319 e. The molecule has 0 spiro atoms. The first-order valence-electron chi connectivity index (χ1n) is 9.54. The van der Waals surface area contributed by atoms with Crippen molar-refractivity contribution in [2.45, 2.75) is 45.6 Å². The van der Waals surface area contributed by atoms with Crippen molar-refractivity contribution in [3.05, 3.63) is 64.7 Å². The maximum Gasteiger partial charge on any atom is 0.319 e. The van der Waals surface area contributed by atoms with Gasteiger partial charge in [0.05, 0.1) is 12.6 Å². The van der Waals surface area contributed by atoms with Crippen LogP contribution in [0.15, 0.2) is 42.5 Å². The minimum Gasteiger partial charge on any atom is -0.348 e. The molecule has 5 heteroatoms. The van der Waals surface area contributed by atoms with Crippen LogP contribution in [0.1, 0.15) is 48.1 Å². The number of carbonyl (C=O) groups excluding carboxylic acids is 2. The molecule has 0 aliphatic heterocycles. The summed E-state index contributed by atoms with van der Waals surface area (Å²) >= 11 is 0. The van der Waals surface area contributed by atoms with E-state index in [0.29, 0.717) is 5.69 Å². The van der Waals surface area contributed by atoms with E-state index in [4.69, 9.17) is 0 Å².